The Bertz CT molecular complexity index is 1160. The van der Waals surface area contributed by atoms with Crippen molar-refractivity contribution in [2.75, 3.05) is 0 Å². The molecule has 126 valence electrons. The maximum atomic E-state index is 12.0. The minimum Gasteiger partial charge on any atom is -0.294 e. The molecule has 3 nitrogen and oxygen atoms in total. The molecule has 0 N–H and O–H groups in total. The number of Topliss-reactive ketones (excluding diaryl/α,β-unsaturated/α-hetero) is 1. The van der Waals surface area contributed by atoms with E-state index in [4.69, 9.17) is 11.6 Å². The zero-order valence-corrected chi connectivity index (χ0v) is 14.7. The lowest BCUT2D eigenvalue weighted by Gasteiger charge is -2.05. The largest absolute Gasteiger partial charge is 0.294 e. The Morgan fingerprint density at radius 3 is 2.46 bits per heavy atom. The normalized spacial score (nSPS) is 13.3. The molecule has 2 heterocycles. The molecule has 26 heavy (non-hydrogen) atoms. The van der Waals surface area contributed by atoms with Crippen molar-refractivity contribution in [3.05, 3.63) is 83.0 Å². The van der Waals surface area contributed by atoms with Crippen LogP contribution in [0.15, 0.2) is 66.9 Å². The van der Waals surface area contributed by atoms with E-state index in [0.29, 0.717) is 11.4 Å². The summed E-state index contributed by atoms with van der Waals surface area (Å²) in [5.41, 5.74) is 7.13. The van der Waals surface area contributed by atoms with Gasteiger partial charge in [-0.2, -0.15) is 5.10 Å². The molecule has 0 saturated carbocycles. The lowest BCUT2D eigenvalue weighted by atomic mass is 10.0. The number of aryl methyl sites for hydroxylation is 1. The second kappa shape index (κ2) is 5.82. The van der Waals surface area contributed by atoms with Gasteiger partial charge in [0.1, 0.15) is 0 Å². The summed E-state index contributed by atoms with van der Waals surface area (Å²) in [6.07, 6.45) is 3.45. The summed E-state index contributed by atoms with van der Waals surface area (Å²) >= 11 is 5.97. The highest BCUT2D eigenvalue weighted by Crippen LogP contribution is 2.29. The molecule has 0 radical (unpaired) electrons. The number of pyridine rings is 1. The summed E-state index contributed by atoms with van der Waals surface area (Å²) in [4.78, 5) is 12.0. The third kappa shape index (κ3) is 2.52. The van der Waals surface area contributed by atoms with Gasteiger partial charge in [-0.1, -0.05) is 35.9 Å². The highest BCUT2D eigenvalue weighted by Gasteiger charge is 2.19. The molecule has 0 amide bonds. The van der Waals surface area contributed by atoms with E-state index in [-0.39, 0.29) is 5.78 Å². The number of aromatic nitrogens is 2. The summed E-state index contributed by atoms with van der Waals surface area (Å²) in [5.74, 6) is 0.248. The molecule has 1 aliphatic carbocycles. The van der Waals surface area contributed by atoms with E-state index in [1.54, 1.807) is 0 Å². The van der Waals surface area contributed by atoms with Crippen molar-refractivity contribution >= 4 is 22.9 Å². The van der Waals surface area contributed by atoms with Gasteiger partial charge in [0.15, 0.2) is 5.78 Å². The predicted octanol–water partition coefficient (Wildman–Crippen LogP) is 5.45. The van der Waals surface area contributed by atoms with Crippen LogP contribution < -0.4 is 0 Å². The van der Waals surface area contributed by atoms with Crippen molar-refractivity contribution in [2.24, 2.45) is 0 Å². The van der Waals surface area contributed by atoms with Gasteiger partial charge in [0, 0.05) is 28.8 Å². The van der Waals surface area contributed by atoms with E-state index in [2.05, 4.69) is 29.4 Å². The first-order valence-corrected chi connectivity index (χ1v) is 8.97. The molecule has 0 saturated heterocycles. The zero-order chi connectivity index (χ0) is 17.7. The molecule has 0 aliphatic heterocycles. The number of carbonyl (C=O) groups is 1. The van der Waals surface area contributed by atoms with Crippen molar-refractivity contribution in [1.82, 2.24) is 9.61 Å². The van der Waals surface area contributed by atoms with Crippen LogP contribution >= 0.6 is 11.6 Å². The number of ketones is 1. The molecule has 0 spiro atoms. The summed E-state index contributed by atoms with van der Waals surface area (Å²) in [6, 6.07) is 20.1. The fourth-order valence-corrected chi connectivity index (χ4v) is 3.68. The Balaban J connectivity index is 1.57. The first-order valence-electron chi connectivity index (χ1n) is 8.59. The van der Waals surface area contributed by atoms with Crippen molar-refractivity contribution in [2.45, 2.75) is 12.8 Å². The Morgan fingerprint density at radius 2 is 1.62 bits per heavy atom. The molecule has 4 heteroatoms. The zero-order valence-electron chi connectivity index (χ0n) is 13.9. The minimum absolute atomic E-state index is 0.248. The number of nitrogens with zero attached hydrogens (tertiary/aromatic N) is 2. The van der Waals surface area contributed by atoms with Gasteiger partial charge >= 0.3 is 0 Å². The molecule has 5 rings (SSSR count). The molecule has 4 aromatic rings. The molecule has 0 atom stereocenters. The highest BCUT2D eigenvalue weighted by atomic mass is 35.5. The maximum Gasteiger partial charge on any atom is 0.163 e. The third-order valence-corrected chi connectivity index (χ3v) is 5.22. The van der Waals surface area contributed by atoms with Crippen LogP contribution in [0.4, 0.5) is 0 Å². The summed E-state index contributed by atoms with van der Waals surface area (Å²) in [7, 11) is 0. The van der Waals surface area contributed by atoms with E-state index < -0.39 is 0 Å². The molecule has 0 bridgehead atoms. The van der Waals surface area contributed by atoms with Crippen LogP contribution in [-0.4, -0.2) is 15.4 Å². The number of benzene rings is 2. The van der Waals surface area contributed by atoms with Gasteiger partial charge in [0.25, 0.3) is 0 Å². The molecule has 2 aromatic heterocycles. The quantitative estimate of drug-likeness (QED) is 0.477. The molecule has 0 fully saturated rings. The Kier molecular flexibility index (Phi) is 3.44. The predicted molar refractivity (Wildman–Crippen MR) is 104 cm³/mol. The lowest BCUT2D eigenvalue weighted by Crippen LogP contribution is -1.92. The number of fused-ring (bicyclic) bond motifs is 2. The van der Waals surface area contributed by atoms with Crippen molar-refractivity contribution < 1.29 is 4.79 Å². The molecular formula is C22H15ClN2O. The van der Waals surface area contributed by atoms with E-state index in [1.165, 1.54) is 0 Å². The number of carbonyl (C=O) groups excluding carboxylic acids is 1. The van der Waals surface area contributed by atoms with Crippen LogP contribution in [0.1, 0.15) is 22.3 Å². The van der Waals surface area contributed by atoms with E-state index >= 15 is 0 Å². The molecule has 0 unspecified atom stereocenters. The van der Waals surface area contributed by atoms with Crippen LogP contribution in [0, 0.1) is 0 Å². The van der Waals surface area contributed by atoms with Gasteiger partial charge in [0.05, 0.1) is 11.2 Å². The van der Waals surface area contributed by atoms with Gasteiger partial charge in [-0.25, -0.2) is 4.52 Å². The molecule has 2 aromatic carbocycles. The molecule has 1 aliphatic rings. The second-order valence-electron chi connectivity index (χ2n) is 6.62. The van der Waals surface area contributed by atoms with Crippen LogP contribution in [0.25, 0.3) is 27.9 Å². The standard InChI is InChI=1S/C22H15ClN2O/c23-18-6-3-15(4-7-18)21-13-19-11-17(9-10-25(19)24-21)16-2-1-14-5-8-22(26)20(14)12-16/h1-4,6-7,9-13H,5,8H2. The van der Waals surface area contributed by atoms with Crippen molar-refractivity contribution in [3.63, 3.8) is 0 Å². The SMILES string of the molecule is O=C1CCc2ccc(-c3ccn4nc(-c5ccc(Cl)cc5)cc4c3)cc21. The fraction of sp³-hybridized carbons (Fsp3) is 0.0909. The smallest absolute Gasteiger partial charge is 0.163 e. The van der Waals surface area contributed by atoms with Gasteiger partial charge in [-0.15, -0.1) is 0 Å². The number of halogens is 1. The van der Waals surface area contributed by atoms with Gasteiger partial charge < -0.3 is 0 Å². The van der Waals surface area contributed by atoms with Gasteiger partial charge in [0.2, 0.25) is 0 Å². The summed E-state index contributed by atoms with van der Waals surface area (Å²) < 4.78 is 1.87. The topological polar surface area (TPSA) is 34.4 Å². The van der Waals surface area contributed by atoms with E-state index in [9.17, 15) is 4.79 Å². The fourth-order valence-electron chi connectivity index (χ4n) is 3.55. The monoisotopic (exact) mass is 358 g/mol. The summed E-state index contributed by atoms with van der Waals surface area (Å²) in [6.45, 7) is 0. The first-order chi connectivity index (χ1) is 12.7. The first kappa shape index (κ1) is 15.4. The van der Waals surface area contributed by atoms with Crippen LogP contribution in [-0.2, 0) is 6.42 Å². The van der Waals surface area contributed by atoms with Gasteiger partial charge in [-0.3, -0.25) is 4.79 Å². The number of rotatable bonds is 2. The minimum atomic E-state index is 0.248. The number of hydrogen-bond acceptors (Lipinski definition) is 2. The maximum absolute atomic E-state index is 12.0. The second-order valence-corrected chi connectivity index (χ2v) is 7.05. The van der Waals surface area contributed by atoms with Crippen molar-refractivity contribution in [1.29, 1.82) is 0 Å². The summed E-state index contributed by atoms with van der Waals surface area (Å²) in [5, 5.41) is 5.35. The third-order valence-electron chi connectivity index (χ3n) is 4.97. The lowest BCUT2D eigenvalue weighted by molar-refractivity contribution is 0.0994. The average molecular weight is 359 g/mol. The Morgan fingerprint density at radius 1 is 0.846 bits per heavy atom. The van der Waals surface area contributed by atoms with E-state index in [0.717, 1.165) is 45.4 Å². The number of hydrogen-bond donors (Lipinski definition) is 0. The van der Waals surface area contributed by atoms with E-state index in [1.807, 2.05) is 47.1 Å². The van der Waals surface area contributed by atoms with Crippen molar-refractivity contribution in [3.8, 4) is 22.4 Å². The van der Waals surface area contributed by atoms with Gasteiger partial charge in [-0.05, 0) is 59.5 Å². The average Bonchev–Trinajstić information content (AvgIpc) is 3.25. The molecular weight excluding hydrogens is 344 g/mol. The Labute approximate surface area is 155 Å². The highest BCUT2D eigenvalue weighted by molar-refractivity contribution is 6.30. The Hall–Kier alpha value is -2.91. The van der Waals surface area contributed by atoms with Crippen LogP contribution in [0.3, 0.4) is 0 Å². The van der Waals surface area contributed by atoms with Crippen LogP contribution in [0.5, 0.6) is 0 Å². The van der Waals surface area contributed by atoms with Crippen LogP contribution in [0.2, 0.25) is 5.02 Å².